The van der Waals surface area contributed by atoms with Gasteiger partial charge in [-0.05, 0) is 6.42 Å². The lowest BCUT2D eigenvalue weighted by atomic mass is 10.1. The van der Waals surface area contributed by atoms with Gasteiger partial charge in [0.25, 0.3) is 0 Å². The molecular formula is C9H18N2O3. The molecular weight excluding hydrogens is 184 g/mol. The van der Waals surface area contributed by atoms with E-state index in [1.165, 1.54) is 4.90 Å². The molecule has 0 aromatic rings. The topological polar surface area (TPSA) is 69.6 Å². The van der Waals surface area contributed by atoms with Crippen molar-refractivity contribution in [2.75, 3.05) is 14.1 Å². The molecule has 0 rings (SSSR count). The van der Waals surface area contributed by atoms with Crippen LogP contribution in [0.15, 0.2) is 0 Å². The van der Waals surface area contributed by atoms with Gasteiger partial charge in [0.2, 0.25) is 0 Å². The van der Waals surface area contributed by atoms with Crippen molar-refractivity contribution in [3.8, 4) is 0 Å². The Morgan fingerprint density at radius 1 is 1.43 bits per heavy atom. The smallest absolute Gasteiger partial charge is 0.326 e. The molecule has 0 aliphatic rings. The maximum Gasteiger partial charge on any atom is 0.326 e. The largest absolute Gasteiger partial charge is 0.480 e. The number of nitrogens with one attached hydrogen (secondary N) is 1. The van der Waals surface area contributed by atoms with Gasteiger partial charge in [-0.1, -0.05) is 19.8 Å². The Bertz CT molecular complexity index is 204. The predicted octanol–water partition coefficient (Wildman–Crippen LogP) is 0.901. The van der Waals surface area contributed by atoms with E-state index in [0.717, 1.165) is 12.8 Å². The van der Waals surface area contributed by atoms with E-state index < -0.39 is 12.0 Å². The number of aliphatic carboxylic acids is 1. The summed E-state index contributed by atoms with van der Waals surface area (Å²) in [6.45, 7) is 1.98. The standard InChI is InChI=1S/C9H18N2O3/c1-4-5-6-7(8(12)13)10-9(14)11(2)3/h7H,4-6H2,1-3H3,(H,10,14)(H,12,13). The van der Waals surface area contributed by atoms with Gasteiger partial charge in [0.05, 0.1) is 0 Å². The van der Waals surface area contributed by atoms with Crippen molar-refractivity contribution in [3.05, 3.63) is 0 Å². The first-order chi connectivity index (χ1) is 6.49. The second-order valence-electron chi connectivity index (χ2n) is 3.38. The zero-order valence-electron chi connectivity index (χ0n) is 8.91. The van der Waals surface area contributed by atoms with Crippen LogP contribution >= 0.6 is 0 Å². The normalized spacial score (nSPS) is 11.9. The van der Waals surface area contributed by atoms with Crippen molar-refractivity contribution in [1.82, 2.24) is 10.2 Å². The number of amides is 2. The average molecular weight is 202 g/mol. The molecule has 5 nitrogen and oxygen atoms in total. The van der Waals surface area contributed by atoms with Crippen LogP contribution in [-0.2, 0) is 4.79 Å². The van der Waals surface area contributed by atoms with Gasteiger partial charge in [-0.3, -0.25) is 0 Å². The number of carbonyl (C=O) groups is 2. The maximum absolute atomic E-state index is 11.2. The minimum Gasteiger partial charge on any atom is -0.480 e. The van der Waals surface area contributed by atoms with Gasteiger partial charge in [0.15, 0.2) is 0 Å². The summed E-state index contributed by atoms with van der Waals surface area (Å²) in [5.41, 5.74) is 0. The third-order valence-electron chi connectivity index (χ3n) is 1.85. The van der Waals surface area contributed by atoms with Gasteiger partial charge in [-0.25, -0.2) is 9.59 Å². The third-order valence-corrected chi connectivity index (χ3v) is 1.85. The van der Waals surface area contributed by atoms with Crippen LogP contribution in [0, 0.1) is 0 Å². The monoisotopic (exact) mass is 202 g/mol. The number of nitrogens with zero attached hydrogens (tertiary/aromatic N) is 1. The van der Waals surface area contributed by atoms with Gasteiger partial charge in [0, 0.05) is 14.1 Å². The lowest BCUT2D eigenvalue weighted by Crippen LogP contribution is -2.45. The molecule has 2 amide bonds. The number of unbranched alkanes of at least 4 members (excludes halogenated alkanes) is 1. The van der Waals surface area contributed by atoms with Crippen LogP contribution in [0.2, 0.25) is 0 Å². The first-order valence-electron chi connectivity index (χ1n) is 4.69. The zero-order valence-corrected chi connectivity index (χ0v) is 8.91. The Morgan fingerprint density at radius 2 is 2.00 bits per heavy atom. The Labute approximate surface area is 84.1 Å². The fraction of sp³-hybridized carbons (Fsp3) is 0.778. The highest BCUT2D eigenvalue weighted by Gasteiger charge is 2.19. The molecule has 0 heterocycles. The molecule has 1 atom stereocenters. The average Bonchev–Trinajstić information content (AvgIpc) is 2.10. The van der Waals surface area contributed by atoms with Crippen LogP contribution in [0.25, 0.3) is 0 Å². The summed E-state index contributed by atoms with van der Waals surface area (Å²) in [5, 5.41) is 11.2. The molecule has 14 heavy (non-hydrogen) atoms. The van der Waals surface area contributed by atoms with Crippen molar-refractivity contribution >= 4 is 12.0 Å². The van der Waals surface area contributed by atoms with Gasteiger partial charge >= 0.3 is 12.0 Å². The zero-order chi connectivity index (χ0) is 11.1. The molecule has 0 radical (unpaired) electrons. The Morgan fingerprint density at radius 3 is 2.36 bits per heavy atom. The number of carboxylic acids is 1. The minimum absolute atomic E-state index is 0.367. The van der Waals surface area contributed by atoms with Crippen LogP contribution in [0.1, 0.15) is 26.2 Å². The molecule has 2 N–H and O–H groups in total. The molecule has 0 saturated carbocycles. The van der Waals surface area contributed by atoms with E-state index in [-0.39, 0.29) is 6.03 Å². The predicted molar refractivity (Wildman–Crippen MR) is 53.2 cm³/mol. The summed E-state index contributed by atoms with van der Waals surface area (Å²) >= 11 is 0. The number of rotatable bonds is 5. The van der Waals surface area contributed by atoms with E-state index in [1.54, 1.807) is 14.1 Å². The number of hydrogen-bond acceptors (Lipinski definition) is 2. The Hall–Kier alpha value is -1.26. The fourth-order valence-electron chi connectivity index (χ4n) is 0.944. The van der Waals surface area contributed by atoms with Crippen molar-refractivity contribution in [2.24, 2.45) is 0 Å². The molecule has 0 aromatic heterocycles. The van der Waals surface area contributed by atoms with Crippen LogP contribution in [0.5, 0.6) is 0 Å². The van der Waals surface area contributed by atoms with Gasteiger partial charge in [-0.15, -0.1) is 0 Å². The lowest BCUT2D eigenvalue weighted by Gasteiger charge is -2.17. The second-order valence-corrected chi connectivity index (χ2v) is 3.38. The van der Waals surface area contributed by atoms with E-state index >= 15 is 0 Å². The minimum atomic E-state index is -0.978. The van der Waals surface area contributed by atoms with Gasteiger partial charge in [-0.2, -0.15) is 0 Å². The third kappa shape index (κ3) is 4.69. The molecule has 0 aromatic carbocycles. The molecule has 1 unspecified atom stereocenters. The van der Waals surface area contributed by atoms with Gasteiger partial charge in [0.1, 0.15) is 6.04 Å². The van der Waals surface area contributed by atoms with Crippen LogP contribution < -0.4 is 5.32 Å². The second kappa shape index (κ2) is 6.23. The lowest BCUT2D eigenvalue weighted by molar-refractivity contribution is -0.139. The molecule has 0 bridgehead atoms. The van der Waals surface area contributed by atoms with Crippen molar-refractivity contribution in [2.45, 2.75) is 32.2 Å². The van der Waals surface area contributed by atoms with Crippen LogP contribution in [0.3, 0.4) is 0 Å². The van der Waals surface area contributed by atoms with Crippen LogP contribution in [0.4, 0.5) is 4.79 Å². The first-order valence-corrected chi connectivity index (χ1v) is 4.69. The van der Waals surface area contributed by atoms with Gasteiger partial charge < -0.3 is 15.3 Å². The summed E-state index contributed by atoms with van der Waals surface area (Å²) in [7, 11) is 3.15. The highest BCUT2D eigenvalue weighted by Crippen LogP contribution is 2.01. The van der Waals surface area contributed by atoms with E-state index in [0.29, 0.717) is 6.42 Å². The quantitative estimate of drug-likeness (QED) is 0.696. The number of carboxylic acid groups (broad SMARTS) is 1. The van der Waals surface area contributed by atoms with Crippen molar-refractivity contribution in [1.29, 1.82) is 0 Å². The number of hydrogen-bond donors (Lipinski definition) is 2. The van der Waals surface area contributed by atoms with Crippen molar-refractivity contribution < 1.29 is 14.7 Å². The summed E-state index contributed by atoms with van der Waals surface area (Å²) in [5.74, 6) is -0.978. The Kier molecular flexibility index (Phi) is 5.67. The van der Waals surface area contributed by atoms with E-state index in [4.69, 9.17) is 5.11 Å². The van der Waals surface area contributed by atoms with E-state index in [9.17, 15) is 9.59 Å². The number of carbonyl (C=O) groups excluding carboxylic acids is 1. The summed E-state index contributed by atoms with van der Waals surface area (Å²) in [4.78, 5) is 23.2. The van der Waals surface area contributed by atoms with Crippen LogP contribution in [-0.4, -0.2) is 42.1 Å². The molecule has 0 spiro atoms. The summed E-state index contributed by atoms with van der Waals surface area (Å²) < 4.78 is 0. The molecule has 0 fully saturated rings. The summed E-state index contributed by atoms with van der Waals surface area (Å²) in [6, 6.07) is -1.14. The maximum atomic E-state index is 11.2. The molecule has 82 valence electrons. The molecule has 0 saturated heterocycles. The Balaban J connectivity index is 4.09. The van der Waals surface area contributed by atoms with E-state index in [1.807, 2.05) is 6.92 Å². The highest BCUT2D eigenvalue weighted by molar-refractivity contribution is 5.82. The number of urea groups is 1. The molecule has 5 heteroatoms. The van der Waals surface area contributed by atoms with E-state index in [2.05, 4.69) is 5.32 Å². The SMILES string of the molecule is CCCCC(NC(=O)N(C)C)C(=O)O. The molecule has 0 aliphatic carbocycles. The first kappa shape index (κ1) is 12.7. The summed E-state index contributed by atoms with van der Waals surface area (Å²) in [6.07, 6.45) is 2.19. The fourth-order valence-corrected chi connectivity index (χ4v) is 0.944. The van der Waals surface area contributed by atoms with Crippen molar-refractivity contribution in [3.63, 3.8) is 0 Å². The molecule has 0 aliphatic heterocycles. The highest BCUT2D eigenvalue weighted by atomic mass is 16.4.